The van der Waals surface area contributed by atoms with E-state index in [-0.39, 0.29) is 0 Å². The Labute approximate surface area is 152 Å². The predicted molar refractivity (Wildman–Crippen MR) is 105 cm³/mol. The van der Waals surface area contributed by atoms with Gasteiger partial charge in [-0.3, -0.25) is 0 Å². The first kappa shape index (κ1) is 19.7. The molecule has 0 amide bonds. The molecule has 140 valence electrons. The van der Waals surface area contributed by atoms with E-state index in [4.69, 9.17) is 9.73 Å². The summed E-state index contributed by atoms with van der Waals surface area (Å²) in [5, 5.41) is 6.99. The Balaban J connectivity index is 1.89. The largest absolute Gasteiger partial charge is 0.380 e. The average Bonchev–Trinajstić information content (AvgIpc) is 2.62. The van der Waals surface area contributed by atoms with Crippen molar-refractivity contribution in [1.82, 2.24) is 15.5 Å². The fraction of sp³-hybridized carbons (Fsp3) is 0.650. The second-order valence-corrected chi connectivity index (χ2v) is 6.71. The first-order valence-electron chi connectivity index (χ1n) is 9.59. The zero-order valence-corrected chi connectivity index (χ0v) is 16.1. The Morgan fingerprint density at radius 1 is 1.24 bits per heavy atom. The molecule has 1 aliphatic rings. The molecule has 25 heavy (non-hydrogen) atoms. The summed E-state index contributed by atoms with van der Waals surface area (Å²) in [5.41, 5.74) is 2.40. The number of likely N-dealkylation sites (tertiary alicyclic amines) is 1. The molecule has 2 rings (SSSR count). The van der Waals surface area contributed by atoms with Gasteiger partial charge >= 0.3 is 0 Å². The molecule has 0 bridgehead atoms. The van der Waals surface area contributed by atoms with Gasteiger partial charge in [-0.1, -0.05) is 31.2 Å². The summed E-state index contributed by atoms with van der Waals surface area (Å²) in [6.07, 6.45) is 3.62. The van der Waals surface area contributed by atoms with E-state index in [1.807, 2.05) is 0 Å². The van der Waals surface area contributed by atoms with Gasteiger partial charge in [-0.25, -0.2) is 4.99 Å². The third kappa shape index (κ3) is 7.04. The minimum Gasteiger partial charge on any atom is -0.380 e. The lowest BCUT2D eigenvalue weighted by atomic mass is 10.1. The number of rotatable bonds is 8. The summed E-state index contributed by atoms with van der Waals surface area (Å²) in [6, 6.07) is 8.97. The number of methoxy groups -OCH3 is 1. The van der Waals surface area contributed by atoms with Crippen LogP contribution < -0.4 is 10.6 Å². The smallest absolute Gasteiger partial charge is 0.191 e. The third-order valence-corrected chi connectivity index (χ3v) is 4.53. The number of guanidine groups is 1. The van der Waals surface area contributed by atoms with Crippen LogP contribution in [0.15, 0.2) is 29.3 Å². The molecular weight excluding hydrogens is 312 g/mol. The molecule has 1 saturated heterocycles. The van der Waals surface area contributed by atoms with Crippen LogP contribution in [0.1, 0.15) is 44.2 Å². The zero-order chi connectivity index (χ0) is 17.9. The number of ether oxygens (including phenoxy) is 1. The summed E-state index contributed by atoms with van der Waals surface area (Å²) >= 11 is 0. The van der Waals surface area contributed by atoms with Crippen LogP contribution in [0.4, 0.5) is 0 Å². The SMILES string of the molecule is CCCN1CCC(NC(=NCc2cccc(COC)c2)NCC)CC1. The second kappa shape index (κ2) is 11.1. The number of aliphatic imine (C=N–C) groups is 1. The molecular formula is C20H34N4O. The fourth-order valence-electron chi connectivity index (χ4n) is 3.29. The van der Waals surface area contributed by atoms with E-state index in [0.29, 0.717) is 19.2 Å². The highest BCUT2D eigenvalue weighted by Crippen LogP contribution is 2.11. The van der Waals surface area contributed by atoms with Crippen molar-refractivity contribution < 1.29 is 4.74 Å². The highest BCUT2D eigenvalue weighted by molar-refractivity contribution is 5.80. The van der Waals surface area contributed by atoms with Gasteiger partial charge in [0.15, 0.2) is 5.96 Å². The molecule has 0 saturated carbocycles. The second-order valence-electron chi connectivity index (χ2n) is 6.71. The molecule has 1 aromatic rings. The lowest BCUT2D eigenvalue weighted by Crippen LogP contribution is -2.48. The van der Waals surface area contributed by atoms with Crippen LogP contribution in [0.2, 0.25) is 0 Å². The minimum absolute atomic E-state index is 0.519. The molecule has 0 atom stereocenters. The van der Waals surface area contributed by atoms with E-state index < -0.39 is 0 Å². The number of benzene rings is 1. The highest BCUT2D eigenvalue weighted by atomic mass is 16.5. The molecule has 1 aliphatic heterocycles. The van der Waals surface area contributed by atoms with Crippen LogP contribution in [0.3, 0.4) is 0 Å². The van der Waals surface area contributed by atoms with Crippen molar-refractivity contribution in [3.05, 3.63) is 35.4 Å². The van der Waals surface area contributed by atoms with Gasteiger partial charge in [0.1, 0.15) is 0 Å². The van der Waals surface area contributed by atoms with Crippen molar-refractivity contribution in [1.29, 1.82) is 0 Å². The fourth-order valence-corrected chi connectivity index (χ4v) is 3.29. The first-order chi connectivity index (χ1) is 12.2. The molecule has 0 radical (unpaired) electrons. The van der Waals surface area contributed by atoms with Crippen LogP contribution >= 0.6 is 0 Å². The van der Waals surface area contributed by atoms with Crippen LogP contribution in [0.5, 0.6) is 0 Å². The van der Waals surface area contributed by atoms with Gasteiger partial charge in [0.25, 0.3) is 0 Å². The van der Waals surface area contributed by atoms with Gasteiger partial charge in [-0.2, -0.15) is 0 Å². The van der Waals surface area contributed by atoms with E-state index in [1.165, 1.54) is 50.0 Å². The monoisotopic (exact) mass is 346 g/mol. The number of nitrogens with one attached hydrogen (secondary N) is 2. The Morgan fingerprint density at radius 2 is 2.00 bits per heavy atom. The van der Waals surface area contributed by atoms with Crippen LogP contribution in [-0.2, 0) is 17.9 Å². The van der Waals surface area contributed by atoms with E-state index in [2.05, 4.69) is 53.6 Å². The minimum atomic E-state index is 0.519. The molecule has 5 nitrogen and oxygen atoms in total. The quantitative estimate of drug-likeness (QED) is 0.561. The molecule has 0 unspecified atom stereocenters. The maximum Gasteiger partial charge on any atom is 0.191 e. The molecule has 0 aromatic heterocycles. The normalized spacial score (nSPS) is 16.8. The molecule has 1 aromatic carbocycles. The molecule has 1 fully saturated rings. The first-order valence-corrected chi connectivity index (χ1v) is 9.59. The maximum absolute atomic E-state index is 5.21. The van der Waals surface area contributed by atoms with Crippen molar-refractivity contribution in [2.45, 2.75) is 52.3 Å². The van der Waals surface area contributed by atoms with Gasteiger partial charge in [0.2, 0.25) is 0 Å². The Bertz CT molecular complexity index is 524. The van der Waals surface area contributed by atoms with Crippen molar-refractivity contribution in [2.75, 3.05) is 33.3 Å². The lowest BCUT2D eigenvalue weighted by Gasteiger charge is -2.32. The Morgan fingerprint density at radius 3 is 2.68 bits per heavy atom. The van der Waals surface area contributed by atoms with Crippen LogP contribution in [0.25, 0.3) is 0 Å². The van der Waals surface area contributed by atoms with Crippen molar-refractivity contribution in [2.24, 2.45) is 4.99 Å². The van der Waals surface area contributed by atoms with Gasteiger partial charge < -0.3 is 20.3 Å². The van der Waals surface area contributed by atoms with Crippen molar-refractivity contribution >= 4 is 5.96 Å². The van der Waals surface area contributed by atoms with Gasteiger partial charge in [0.05, 0.1) is 13.2 Å². The van der Waals surface area contributed by atoms with E-state index in [0.717, 1.165) is 12.5 Å². The summed E-state index contributed by atoms with van der Waals surface area (Å²) < 4.78 is 5.21. The molecule has 0 spiro atoms. The lowest BCUT2D eigenvalue weighted by molar-refractivity contribution is 0.185. The molecule has 1 heterocycles. The number of hydrogen-bond donors (Lipinski definition) is 2. The predicted octanol–water partition coefficient (Wildman–Crippen LogP) is 2.76. The Kier molecular flexibility index (Phi) is 8.77. The number of nitrogens with zero attached hydrogens (tertiary/aromatic N) is 2. The van der Waals surface area contributed by atoms with E-state index in [1.54, 1.807) is 7.11 Å². The average molecular weight is 347 g/mol. The number of piperidine rings is 1. The molecule has 2 N–H and O–H groups in total. The summed E-state index contributed by atoms with van der Waals surface area (Å²) in [6.45, 7) is 10.2. The van der Waals surface area contributed by atoms with Gasteiger partial charge in [0, 0.05) is 32.8 Å². The maximum atomic E-state index is 5.21. The molecule has 5 heteroatoms. The van der Waals surface area contributed by atoms with Gasteiger partial charge in [-0.05, 0) is 43.9 Å². The zero-order valence-electron chi connectivity index (χ0n) is 16.1. The summed E-state index contributed by atoms with van der Waals surface area (Å²) in [5.74, 6) is 0.925. The molecule has 0 aliphatic carbocycles. The standard InChI is InChI=1S/C20H34N4O/c1-4-11-24-12-9-19(10-13-24)23-20(21-5-2)22-15-17-7-6-8-18(14-17)16-25-3/h6-8,14,19H,4-5,9-13,15-16H2,1-3H3,(H2,21,22,23). The summed E-state index contributed by atoms with van der Waals surface area (Å²) in [7, 11) is 1.73. The highest BCUT2D eigenvalue weighted by Gasteiger charge is 2.19. The van der Waals surface area contributed by atoms with E-state index >= 15 is 0 Å². The topological polar surface area (TPSA) is 48.9 Å². The third-order valence-electron chi connectivity index (χ3n) is 4.53. The summed E-state index contributed by atoms with van der Waals surface area (Å²) in [4.78, 5) is 7.33. The Hall–Kier alpha value is -1.59. The number of hydrogen-bond acceptors (Lipinski definition) is 3. The van der Waals surface area contributed by atoms with Crippen LogP contribution in [0, 0.1) is 0 Å². The van der Waals surface area contributed by atoms with Crippen molar-refractivity contribution in [3.8, 4) is 0 Å². The van der Waals surface area contributed by atoms with Crippen LogP contribution in [-0.4, -0.2) is 50.2 Å². The van der Waals surface area contributed by atoms with Gasteiger partial charge in [-0.15, -0.1) is 0 Å². The van der Waals surface area contributed by atoms with Crippen molar-refractivity contribution in [3.63, 3.8) is 0 Å². The van der Waals surface area contributed by atoms with E-state index in [9.17, 15) is 0 Å².